The molecule has 0 saturated carbocycles. The van der Waals surface area contributed by atoms with E-state index in [1.54, 1.807) is 20.8 Å². The third-order valence-corrected chi connectivity index (χ3v) is 8.91. The summed E-state index contributed by atoms with van der Waals surface area (Å²) in [7, 11) is -4.45. The molecule has 0 radical (unpaired) electrons. The van der Waals surface area contributed by atoms with Gasteiger partial charge in [-0.15, -0.1) is 0 Å². The van der Waals surface area contributed by atoms with Crippen molar-refractivity contribution in [3.63, 3.8) is 0 Å². The van der Waals surface area contributed by atoms with Crippen molar-refractivity contribution in [3.05, 3.63) is 0 Å². The van der Waals surface area contributed by atoms with E-state index in [0.717, 1.165) is 6.42 Å². The Kier molecular flexibility index (Phi) is 24.9. The number of rotatable bonds is 27. The highest BCUT2D eigenvalue weighted by Crippen LogP contribution is 2.44. The van der Waals surface area contributed by atoms with Gasteiger partial charge in [0.2, 0.25) is 0 Å². The van der Waals surface area contributed by atoms with E-state index < -0.39 is 19.4 Å². The minimum absolute atomic E-state index is 0.116. The van der Waals surface area contributed by atoms with Gasteiger partial charge in [0.15, 0.2) is 0 Å². The summed E-state index contributed by atoms with van der Waals surface area (Å²) in [6.45, 7) is 10.0. The summed E-state index contributed by atoms with van der Waals surface area (Å²) in [5.41, 5.74) is -1.21. The summed E-state index contributed by atoms with van der Waals surface area (Å²) in [6.07, 6.45) is 21.4. The monoisotopic (exact) mass is 566 g/mol. The Bertz CT molecular complexity index is 575. The molecular weight excluding hydrogens is 507 g/mol. The molecule has 8 heteroatoms. The van der Waals surface area contributed by atoms with E-state index in [1.807, 2.05) is 0 Å². The van der Waals surface area contributed by atoms with Crippen LogP contribution in [0.2, 0.25) is 0 Å². The van der Waals surface area contributed by atoms with Gasteiger partial charge in [0, 0.05) is 11.9 Å². The topological polar surface area (TPSA) is 82.1 Å². The molecule has 0 aromatic heterocycles. The zero-order valence-corrected chi connectivity index (χ0v) is 26.4. The van der Waals surface area contributed by atoms with Crippen molar-refractivity contribution in [1.82, 2.24) is 0 Å². The number of unbranched alkanes of at least 4 members (excludes halogenated alkanes) is 13. The average molecular weight is 567 g/mol. The lowest BCUT2D eigenvalue weighted by molar-refractivity contribution is 0.0270. The molecule has 0 spiro atoms. The number of carbonyl (C=O) groups excluding carboxylic acids is 1. The summed E-state index contributed by atoms with van der Waals surface area (Å²) in [5.74, 6) is 1.21. The fourth-order valence-electron chi connectivity index (χ4n) is 4.10. The predicted octanol–water partition coefficient (Wildman–Crippen LogP) is 9.91. The molecule has 0 heterocycles. The smallest absolute Gasteiger partial charge is 0.435 e. The van der Waals surface area contributed by atoms with Crippen molar-refractivity contribution < 1.29 is 28.3 Å². The van der Waals surface area contributed by atoms with E-state index in [2.05, 4.69) is 25.6 Å². The summed E-state index contributed by atoms with van der Waals surface area (Å²) in [4.78, 5) is 21.5. The van der Waals surface area contributed by atoms with E-state index in [9.17, 15) is 14.3 Å². The van der Waals surface area contributed by atoms with Gasteiger partial charge in [0.1, 0.15) is 0 Å². The largest absolute Gasteiger partial charge is 0.454 e. The SMILES string of the molecule is CCCCCCCCCCSC(CCCCCCCCC)CCOC(C)COP(=O)(O)C(=O)OC(C)C. The molecule has 6 nitrogen and oxygen atoms in total. The zero-order chi connectivity index (χ0) is 27.8. The molecule has 0 rings (SSSR count). The minimum atomic E-state index is -4.45. The number of thioether (sulfide) groups is 1. The van der Waals surface area contributed by atoms with Crippen molar-refractivity contribution in [2.45, 2.75) is 161 Å². The Labute approximate surface area is 233 Å². The standard InChI is InChI=1S/C29H59O6PS/c1-6-8-10-12-14-16-18-20-24-37-28(21-19-17-15-13-11-9-7-2)22-23-33-27(5)25-34-36(31,32)29(30)35-26(3)4/h26-28H,6-25H2,1-5H3,(H,31,32). The van der Waals surface area contributed by atoms with Gasteiger partial charge < -0.3 is 14.4 Å². The van der Waals surface area contributed by atoms with E-state index >= 15 is 0 Å². The van der Waals surface area contributed by atoms with Crippen LogP contribution in [0.1, 0.15) is 144 Å². The summed E-state index contributed by atoms with van der Waals surface area (Å²) < 4.78 is 27.7. The van der Waals surface area contributed by atoms with Crippen LogP contribution in [0, 0.1) is 0 Å². The van der Waals surface area contributed by atoms with Crippen LogP contribution in [0.4, 0.5) is 4.79 Å². The lowest BCUT2D eigenvalue weighted by Crippen LogP contribution is -2.20. The molecule has 0 aliphatic heterocycles. The first-order valence-corrected chi connectivity index (χ1v) is 17.8. The van der Waals surface area contributed by atoms with Crippen molar-refractivity contribution in [1.29, 1.82) is 0 Å². The average Bonchev–Trinajstić information content (AvgIpc) is 2.85. The second kappa shape index (κ2) is 24.9. The lowest BCUT2D eigenvalue weighted by atomic mass is 10.1. The second-order valence-electron chi connectivity index (χ2n) is 10.6. The highest BCUT2D eigenvalue weighted by atomic mass is 32.2. The maximum absolute atomic E-state index is 12.0. The predicted molar refractivity (Wildman–Crippen MR) is 159 cm³/mol. The Morgan fingerprint density at radius 1 is 0.784 bits per heavy atom. The highest BCUT2D eigenvalue weighted by Gasteiger charge is 2.34. The van der Waals surface area contributed by atoms with Crippen molar-refractivity contribution >= 4 is 25.1 Å². The summed E-state index contributed by atoms with van der Waals surface area (Å²) >= 11 is 2.09. The van der Waals surface area contributed by atoms with Crippen molar-refractivity contribution in [2.24, 2.45) is 0 Å². The molecule has 0 aliphatic carbocycles. The van der Waals surface area contributed by atoms with Crippen LogP contribution in [0.15, 0.2) is 0 Å². The normalized spacial score (nSPS) is 15.0. The van der Waals surface area contributed by atoms with Gasteiger partial charge in [0.05, 0.1) is 18.8 Å². The molecule has 0 aromatic carbocycles. The fraction of sp³-hybridized carbons (Fsp3) is 0.966. The molecule has 1 N–H and O–H groups in total. The molecule has 222 valence electrons. The minimum Gasteiger partial charge on any atom is -0.454 e. The van der Waals surface area contributed by atoms with E-state index in [0.29, 0.717) is 11.9 Å². The van der Waals surface area contributed by atoms with Gasteiger partial charge in [-0.05, 0) is 45.8 Å². The van der Waals surface area contributed by atoms with Crippen LogP contribution >= 0.6 is 19.4 Å². The third kappa shape index (κ3) is 23.5. The summed E-state index contributed by atoms with van der Waals surface area (Å²) in [5, 5.41) is 0.582. The molecule has 0 bridgehead atoms. The van der Waals surface area contributed by atoms with Crippen LogP contribution in [0.25, 0.3) is 0 Å². The van der Waals surface area contributed by atoms with Gasteiger partial charge in [-0.2, -0.15) is 11.8 Å². The number of hydrogen-bond donors (Lipinski definition) is 1. The molecular formula is C29H59O6PS. The van der Waals surface area contributed by atoms with E-state index in [4.69, 9.17) is 14.0 Å². The van der Waals surface area contributed by atoms with Crippen LogP contribution in [0.3, 0.4) is 0 Å². The summed E-state index contributed by atoms with van der Waals surface area (Å²) in [6, 6.07) is 0. The lowest BCUT2D eigenvalue weighted by Gasteiger charge is -2.20. The first-order chi connectivity index (χ1) is 17.7. The number of hydrogen-bond acceptors (Lipinski definition) is 6. The number of carbonyl (C=O) groups is 1. The molecule has 3 unspecified atom stereocenters. The quantitative estimate of drug-likeness (QED) is 0.0782. The molecule has 0 fully saturated rings. The van der Waals surface area contributed by atoms with Gasteiger partial charge in [-0.3, -0.25) is 4.52 Å². The van der Waals surface area contributed by atoms with Gasteiger partial charge in [-0.1, -0.05) is 104 Å². The van der Waals surface area contributed by atoms with Crippen LogP contribution < -0.4 is 0 Å². The van der Waals surface area contributed by atoms with Crippen LogP contribution in [-0.4, -0.2) is 47.0 Å². The maximum Gasteiger partial charge on any atom is 0.435 e. The van der Waals surface area contributed by atoms with Gasteiger partial charge in [-0.25, -0.2) is 9.36 Å². The van der Waals surface area contributed by atoms with Crippen molar-refractivity contribution in [2.75, 3.05) is 19.0 Å². The van der Waals surface area contributed by atoms with E-state index in [-0.39, 0.29) is 12.7 Å². The number of ether oxygens (including phenoxy) is 2. The Hall–Kier alpha value is -0.0700. The highest BCUT2D eigenvalue weighted by molar-refractivity contribution is 7.99. The Balaban J connectivity index is 4.29. The molecule has 0 aromatic rings. The molecule has 37 heavy (non-hydrogen) atoms. The molecule has 0 saturated heterocycles. The first kappa shape index (κ1) is 36.9. The van der Waals surface area contributed by atoms with Crippen LogP contribution in [-0.2, 0) is 18.6 Å². The molecule has 0 aliphatic rings. The third-order valence-electron chi connectivity index (χ3n) is 6.37. The Morgan fingerprint density at radius 2 is 1.30 bits per heavy atom. The van der Waals surface area contributed by atoms with Crippen LogP contribution in [0.5, 0.6) is 0 Å². The fourth-order valence-corrected chi connectivity index (χ4v) is 6.26. The van der Waals surface area contributed by atoms with Crippen molar-refractivity contribution in [3.8, 4) is 0 Å². The van der Waals surface area contributed by atoms with Gasteiger partial charge in [0.25, 0.3) is 0 Å². The van der Waals surface area contributed by atoms with E-state index in [1.165, 1.54) is 108 Å². The molecule has 0 amide bonds. The Morgan fingerprint density at radius 3 is 1.84 bits per heavy atom. The first-order valence-electron chi connectivity index (χ1n) is 15.1. The molecule has 3 atom stereocenters. The van der Waals surface area contributed by atoms with Gasteiger partial charge >= 0.3 is 13.3 Å². The maximum atomic E-state index is 12.0. The second-order valence-corrected chi connectivity index (χ2v) is 13.7. The zero-order valence-electron chi connectivity index (χ0n) is 24.7.